The Morgan fingerprint density at radius 1 is 1.42 bits per heavy atom. The van der Waals surface area contributed by atoms with Crippen LogP contribution in [0.2, 0.25) is 0 Å². The largest absolute Gasteiger partial charge is 0.314 e. The Bertz CT molecular complexity index is 552. The Kier molecular flexibility index (Phi) is 3.51. The van der Waals surface area contributed by atoms with Gasteiger partial charge in [-0.3, -0.25) is 0 Å². The number of hydrogen-bond acceptors (Lipinski definition) is 3. The predicted molar refractivity (Wildman–Crippen MR) is 77.3 cm³/mol. The maximum Gasteiger partial charge on any atom is 0.160 e. The maximum atomic E-state index is 4.79. The first-order valence-corrected chi connectivity index (χ1v) is 7.31. The summed E-state index contributed by atoms with van der Waals surface area (Å²) in [6.45, 7) is 5.55. The lowest BCUT2D eigenvalue weighted by atomic mass is 10.0. The molecule has 1 fully saturated rings. The summed E-state index contributed by atoms with van der Waals surface area (Å²) < 4.78 is 2.28. The molecule has 1 aliphatic rings. The lowest BCUT2D eigenvalue weighted by Crippen LogP contribution is -2.36. The SMILES string of the molecule is CC(C)n1c(CC2CCCCN2)nc2cccnc21. The Balaban J connectivity index is 1.95. The lowest BCUT2D eigenvalue weighted by molar-refractivity contribution is 0.388. The number of nitrogens with zero attached hydrogens (tertiary/aromatic N) is 3. The van der Waals surface area contributed by atoms with Gasteiger partial charge >= 0.3 is 0 Å². The van der Waals surface area contributed by atoms with Gasteiger partial charge < -0.3 is 9.88 Å². The highest BCUT2D eigenvalue weighted by atomic mass is 15.1. The molecule has 1 aliphatic heterocycles. The zero-order valence-electron chi connectivity index (χ0n) is 11.8. The molecule has 1 saturated heterocycles. The summed E-state index contributed by atoms with van der Waals surface area (Å²) in [6, 6.07) is 4.99. The van der Waals surface area contributed by atoms with Gasteiger partial charge in [0, 0.05) is 24.7 Å². The van der Waals surface area contributed by atoms with Crippen molar-refractivity contribution in [1.82, 2.24) is 19.9 Å². The van der Waals surface area contributed by atoms with Gasteiger partial charge in [0.1, 0.15) is 11.3 Å². The second kappa shape index (κ2) is 5.29. The highest BCUT2D eigenvalue weighted by molar-refractivity contribution is 5.71. The van der Waals surface area contributed by atoms with E-state index < -0.39 is 0 Å². The lowest BCUT2D eigenvalue weighted by Gasteiger charge is -2.24. The van der Waals surface area contributed by atoms with Crippen LogP contribution in [0.4, 0.5) is 0 Å². The molecule has 2 aromatic heterocycles. The third-order valence-corrected chi connectivity index (χ3v) is 3.88. The van der Waals surface area contributed by atoms with Gasteiger partial charge in [-0.1, -0.05) is 6.42 Å². The molecule has 19 heavy (non-hydrogen) atoms. The van der Waals surface area contributed by atoms with E-state index in [1.165, 1.54) is 25.1 Å². The molecule has 0 bridgehead atoms. The molecular weight excluding hydrogens is 236 g/mol. The van der Waals surface area contributed by atoms with Crippen LogP contribution in [0.3, 0.4) is 0 Å². The second-order valence-electron chi connectivity index (χ2n) is 5.69. The molecule has 4 heteroatoms. The van der Waals surface area contributed by atoms with Crippen molar-refractivity contribution in [2.24, 2.45) is 0 Å². The number of nitrogens with one attached hydrogen (secondary N) is 1. The molecule has 0 aromatic carbocycles. The van der Waals surface area contributed by atoms with Crippen molar-refractivity contribution in [3.8, 4) is 0 Å². The molecule has 3 rings (SSSR count). The molecular formula is C15H22N4. The van der Waals surface area contributed by atoms with Gasteiger partial charge in [-0.15, -0.1) is 0 Å². The first kappa shape index (κ1) is 12.6. The van der Waals surface area contributed by atoms with Crippen LogP contribution in [-0.2, 0) is 6.42 Å². The summed E-state index contributed by atoms with van der Waals surface area (Å²) in [4.78, 5) is 9.28. The van der Waals surface area contributed by atoms with E-state index in [-0.39, 0.29) is 0 Å². The van der Waals surface area contributed by atoms with Gasteiger partial charge in [0.05, 0.1) is 0 Å². The molecule has 0 spiro atoms. The number of hydrogen-bond donors (Lipinski definition) is 1. The van der Waals surface area contributed by atoms with Gasteiger partial charge in [0.15, 0.2) is 5.65 Å². The first-order valence-electron chi connectivity index (χ1n) is 7.31. The fourth-order valence-corrected chi connectivity index (χ4v) is 2.98. The van der Waals surface area contributed by atoms with E-state index in [0.29, 0.717) is 12.1 Å². The quantitative estimate of drug-likeness (QED) is 0.920. The van der Waals surface area contributed by atoms with E-state index in [0.717, 1.165) is 24.1 Å². The summed E-state index contributed by atoms with van der Waals surface area (Å²) >= 11 is 0. The average molecular weight is 258 g/mol. The van der Waals surface area contributed by atoms with Crippen LogP contribution in [0.5, 0.6) is 0 Å². The summed E-state index contributed by atoms with van der Waals surface area (Å²) in [5, 5.41) is 3.60. The minimum Gasteiger partial charge on any atom is -0.314 e. The van der Waals surface area contributed by atoms with E-state index >= 15 is 0 Å². The van der Waals surface area contributed by atoms with E-state index in [9.17, 15) is 0 Å². The van der Waals surface area contributed by atoms with Gasteiger partial charge in [-0.05, 0) is 45.4 Å². The number of imidazole rings is 1. The molecule has 0 saturated carbocycles. The van der Waals surface area contributed by atoms with Gasteiger partial charge in [0.25, 0.3) is 0 Å². The molecule has 0 radical (unpaired) electrons. The van der Waals surface area contributed by atoms with Crippen molar-refractivity contribution >= 4 is 11.2 Å². The van der Waals surface area contributed by atoms with Crippen LogP contribution in [-0.4, -0.2) is 27.1 Å². The fraction of sp³-hybridized carbons (Fsp3) is 0.600. The molecule has 1 atom stereocenters. The second-order valence-corrected chi connectivity index (χ2v) is 5.69. The predicted octanol–water partition coefficient (Wildman–Crippen LogP) is 2.70. The number of rotatable bonds is 3. The topological polar surface area (TPSA) is 42.7 Å². The summed E-state index contributed by atoms with van der Waals surface area (Å²) in [6.07, 6.45) is 6.76. The van der Waals surface area contributed by atoms with Crippen LogP contribution in [0.25, 0.3) is 11.2 Å². The monoisotopic (exact) mass is 258 g/mol. The molecule has 0 amide bonds. The minimum atomic E-state index is 0.401. The van der Waals surface area contributed by atoms with Crippen molar-refractivity contribution in [2.75, 3.05) is 6.54 Å². The molecule has 2 aromatic rings. The number of pyridine rings is 1. The van der Waals surface area contributed by atoms with Gasteiger partial charge in [-0.2, -0.15) is 0 Å². The van der Waals surface area contributed by atoms with E-state index in [1.54, 1.807) is 0 Å². The highest BCUT2D eigenvalue weighted by Gasteiger charge is 2.19. The normalized spacial score (nSPS) is 20.3. The molecule has 1 N–H and O–H groups in total. The summed E-state index contributed by atoms with van der Waals surface area (Å²) in [5.74, 6) is 1.17. The smallest absolute Gasteiger partial charge is 0.160 e. The van der Waals surface area contributed by atoms with Crippen molar-refractivity contribution in [3.05, 3.63) is 24.2 Å². The Morgan fingerprint density at radius 3 is 3.05 bits per heavy atom. The maximum absolute atomic E-state index is 4.79. The van der Waals surface area contributed by atoms with Crippen LogP contribution in [0, 0.1) is 0 Å². The van der Waals surface area contributed by atoms with E-state index in [1.807, 2.05) is 12.3 Å². The average Bonchev–Trinajstić information content (AvgIpc) is 2.77. The van der Waals surface area contributed by atoms with Gasteiger partial charge in [-0.25, -0.2) is 9.97 Å². The third-order valence-electron chi connectivity index (χ3n) is 3.88. The van der Waals surface area contributed by atoms with Crippen LogP contribution in [0.15, 0.2) is 18.3 Å². The molecule has 102 valence electrons. The van der Waals surface area contributed by atoms with Gasteiger partial charge in [0.2, 0.25) is 0 Å². The standard InChI is InChI=1S/C15H22N4/c1-11(2)19-14(10-12-6-3-4-8-16-12)18-13-7-5-9-17-15(13)19/h5,7,9,11-12,16H,3-4,6,8,10H2,1-2H3. The number of aromatic nitrogens is 3. The van der Waals surface area contributed by atoms with Crippen molar-refractivity contribution < 1.29 is 0 Å². The first-order chi connectivity index (χ1) is 9.25. The highest BCUT2D eigenvalue weighted by Crippen LogP contribution is 2.21. The summed E-state index contributed by atoms with van der Waals surface area (Å²) in [7, 11) is 0. The van der Waals surface area contributed by atoms with Crippen LogP contribution >= 0.6 is 0 Å². The van der Waals surface area contributed by atoms with E-state index in [4.69, 9.17) is 4.98 Å². The van der Waals surface area contributed by atoms with Crippen molar-refractivity contribution in [1.29, 1.82) is 0 Å². The Hall–Kier alpha value is -1.42. The fourth-order valence-electron chi connectivity index (χ4n) is 2.98. The van der Waals surface area contributed by atoms with E-state index in [2.05, 4.69) is 34.8 Å². The molecule has 3 heterocycles. The Labute approximate surface area is 114 Å². The number of fused-ring (bicyclic) bond motifs is 1. The molecule has 1 unspecified atom stereocenters. The van der Waals surface area contributed by atoms with Crippen LogP contribution < -0.4 is 5.32 Å². The molecule has 0 aliphatic carbocycles. The third kappa shape index (κ3) is 2.50. The Morgan fingerprint density at radius 2 is 2.32 bits per heavy atom. The zero-order chi connectivity index (χ0) is 13.2. The molecule has 4 nitrogen and oxygen atoms in total. The summed E-state index contributed by atoms with van der Waals surface area (Å²) in [5.41, 5.74) is 2.03. The van der Waals surface area contributed by atoms with Crippen LogP contribution in [0.1, 0.15) is 45.0 Å². The zero-order valence-corrected chi connectivity index (χ0v) is 11.8. The van der Waals surface area contributed by atoms with Crippen molar-refractivity contribution in [2.45, 2.75) is 51.6 Å². The van der Waals surface area contributed by atoms with Crippen molar-refractivity contribution in [3.63, 3.8) is 0 Å². The number of piperidine rings is 1. The minimum absolute atomic E-state index is 0.401.